The Morgan fingerprint density at radius 3 is 2.08 bits per heavy atom. The van der Waals surface area contributed by atoms with Crippen molar-refractivity contribution in [2.24, 2.45) is 0 Å². The molecule has 0 aromatic carbocycles. The SMILES string of the molecule is O=P([O-])([O-])OCCOCCCl.[Na+].[Na+]. The predicted molar refractivity (Wildman–Crippen MR) is 35.1 cm³/mol. The van der Waals surface area contributed by atoms with Gasteiger partial charge in [-0.1, -0.05) is 0 Å². The monoisotopic (exact) mass is 248 g/mol. The number of phosphoric acid groups is 1. The minimum absolute atomic E-state index is 0. The summed E-state index contributed by atoms with van der Waals surface area (Å²) in [6.45, 7) is 0.120. The summed E-state index contributed by atoms with van der Waals surface area (Å²) in [5.41, 5.74) is 0. The van der Waals surface area contributed by atoms with Crippen molar-refractivity contribution in [2.75, 3.05) is 25.7 Å². The van der Waals surface area contributed by atoms with Crippen molar-refractivity contribution in [3.8, 4) is 0 Å². The van der Waals surface area contributed by atoms with Crippen molar-refractivity contribution in [2.45, 2.75) is 0 Å². The van der Waals surface area contributed by atoms with Gasteiger partial charge in [0.1, 0.15) is 0 Å². The zero-order valence-electron chi connectivity index (χ0n) is 7.69. The first-order valence-corrected chi connectivity index (χ1v) is 4.86. The molecule has 0 atom stereocenters. The molecule has 0 bridgehead atoms. The molecule has 9 heteroatoms. The third kappa shape index (κ3) is 20.4. The average Bonchev–Trinajstić information content (AvgIpc) is 1.85. The Kier molecular flexibility index (Phi) is 19.8. The number of hydrogen-bond acceptors (Lipinski definition) is 5. The molecule has 13 heavy (non-hydrogen) atoms. The molecule has 0 aromatic heterocycles. The molecule has 0 saturated heterocycles. The molecule has 0 aliphatic heterocycles. The molecule has 0 N–H and O–H groups in total. The molecule has 0 radical (unpaired) electrons. The van der Waals surface area contributed by atoms with Gasteiger partial charge in [0.05, 0.1) is 27.6 Å². The number of ether oxygens (including phenoxy) is 1. The Labute approximate surface area is 126 Å². The summed E-state index contributed by atoms with van der Waals surface area (Å²) in [6, 6.07) is 0. The number of phosphoric ester groups is 1. The van der Waals surface area contributed by atoms with Gasteiger partial charge in [-0.05, 0) is 0 Å². The number of halogens is 1. The molecular formula is C4H8ClNa2O5P. The molecule has 68 valence electrons. The molecule has 0 spiro atoms. The van der Waals surface area contributed by atoms with Crippen LogP contribution in [0, 0.1) is 0 Å². The molecule has 0 rings (SSSR count). The molecule has 0 amide bonds. The van der Waals surface area contributed by atoms with Gasteiger partial charge in [-0.25, -0.2) is 0 Å². The predicted octanol–water partition coefficient (Wildman–Crippen LogP) is -6.90. The topological polar surface area (TPSA) is 81.7 Å². The summed E-state index contributed by atoms with van der Waals surface area (Å²) >= 11 is 5.23. The van der Waals surface area contributed by atoms with Crippen LogP contribution in [0.3, 0.4) is 0 Å². The summed E-state index contributed by atoms with van der Waals surface area (Å²) < 4.78 is 18.4. The third-order valence-electron chi connectivity index (χ3n) is 0.699. The quantitative estimate of drug-likeness (QED) is 0.202. The largest absolute Gasteiger partial charge is 1.00 e. The van der Waals surface area contributed by atoms with E-state index < -0.39 is 7.82 Å². The molecule has 0 unspecified atom stereocenters. The van der Waals surface area contributed by atoms with Crippen LogP contribution in [0.15, 0.2) is 0 Å². The summed E-state index contributed by atoms with van der Waals surface area (Å²) in [5.74, 6) is 0.326. The van der Waals surface area contributed by atoms with Gasteiger partial charge >= 0.3 is 59.1 Å². The molecule has 5 nitrogen and oxygen atoms in total. The van der Waals surface area contributed by atoms with Crippen LogP contribution in [0.2, 0.25) is 0 Å². The van der Waals surface area contributed by atoms with Crippen molar-refractivity contribution in [1.29, 1.82) is 0 Å². The zero-order chi connectivity index (χ0) is 8.74. The summed E-state index contributed by atoms with van der Waals surface area (Å²) in [5, 5.41) is 0. The molecule has 0 aliphatic rings. The number of hydrogen-bond donors (Lipinski definition) is 0. The molecule has 0 fully saturated rings. The second-order valence-electron chi connectivity index (χ2n) is 1.58. The van der Waals surface area contributed by atoms with Crippen molar-refractivity contribution < 1.29 is 82.7 Å². The smallest absolute Gasteiger partial charge is 0.790 e. The van der Waals surface area contributed by atoms with E-state index in [2.05, 4.69) is 4.52 Å². The van der Waals surface area contributed by atoms with E-state index in [1.54, 1.807) is 0 Å². The van der Waals surface area contributed by atoms with Crippen LogP contribution in [0.1, 0.15) is 0 Å². The van der Waals surface area contributed by atoms with Crippen LogP contribution in [0.5, 0.6) is 0 Å². The van der Waals surface area contributed by atoms with Crippen LogP contribution >= 0.6 is 19.4 Å². The van der Waals surface area contributed by atoms with Gasteiger partial charge in [0.2, 0.25) is 0 Å². The number of alkyl halides is 1. The fourth-order valence-electron chi connectivity index (χ4n) is 0.365. The first-order chi connectivity index (χ1) is 5.06. The molecule has 0 saturated carbocycles. The van der Waals surface area contributed by atoms with E-state index in [1.807, 2.05) is 0 Å². The summed E-state index contributed by atoms with van der Waals surface area (Å²) in [7, 11) is -4.83. The van der Waals surface area contributed by atoms with Gasteiger partial charge in [-0.3, -0.25) is 0 Å². The minimum Gasteiger partial charge on any atom is -0.790 e. The van der Waals surface area contributed by atoms with Gasteiger partial charge in [0.25, 0.3) is 0 Å². The van der Waals surface area contributed by atoms with Crippen molar-refractivity contribution in [3.63, 3.8) is 0 Å². The van der Waals surface area contributed by atoms with Crippen molar-refractivity contribution >= 4 is 19.4 Å². The van der Waals surface area contributed by atoms with Crippen molar-refractivity contribution in [3.05, 3.63) is 0 Å². The first kappa shape index (κ1) is 20.7. The Morgan fingerprint density at radius 2 is 1.69 bits per heavy atom. The minimum atomic E-state index is -4.83. The van der Waals surface area contributed by atoms with E-state index in [4.69, 9.17) is 16.3 Å². The van der Waals surface area contributed by atoms with Gasteiger partial charge in [-0.2, -0.15) is 0 Å². The Balaban J connectivity index is -0.000000500. The average molecular weight is 249 g/mol. The van der Waals surface area contributed by atoms with Crippen LogP contribution in [0.4, 0.5) is 0 Å². The maximum absolute atomic E-state index is 9.83. The Morgan fingerprint density at radius 1 is 1.15 bits per heavy atom. The van der Waals surface area contributed by atoms with Crippen LogP contribution in [-0.4, -0.2) is 25.7 Å². The molecular weight excluding hydrogens is 240 g/mol. The second-order valence-corrected chi connectivity index (χ2v) is 3.11. The van der Waals surface area contributed by atoms with Crippen LogP contribution in [0.25, 0.3) is 0 Å². The van der Waals surface area contributed by atoms with Gasteiger partial charge in [-0.15, -0.1) is 11.6 Å². The third-order valence-corrected chi connectivity index (χ3v) is 1.35. The van der Waals surface area contributed by atoms with Crippen LogP contribution in [-0.2, 0) is 13.8 Å². The van der Waals surface area contributed by atoms with Gasteiger partial charge in [0, 0.05) is 5.88 Å². The second kappa shape index (κ2) is 12.4. The maximum Gasteiger partial charge on any atom is 1.00 e. The van der Waals surface area contributed by atoms with E-state index in [9.17, 15) is 14.4 Å². The van der Waals surface area contributed by atoms with Gasteiger partial charge in [0.15, 0.2) is 0 Å². The number of rotatable bonds is 6. The van der Waals surface area contributed by atoms with E-state index in [-0.39, 0.29) is 72.3 Å². The zero-order valence-corrected chi connectivity index (χ0v) is 13.3. The normalized spacial score (nSPS) is 10.1. The first-order valence-electron chi connectivity index (χ1n) is 2.86. The fraction of sp³-hybridized carbons (Fsp3) is 1.00. The molecule has 0 heterocycles. The standard InChI is InChI=1S/C4H10ClO5P.2Na/c5-1-2-9-3-4-10-11(6,7)8;;/h1-4H2,(H2,6,7,8);;/q;2*+1/p-2. The summed E-state index contributed by atoms with van der Waals surface area (Å²) in [4.78, 5) is 19.7. The van der Waals surface area contributed by atoms with E-state index in [1.165, 1.54) is 0 Å². The summed E-state index contributed by atoms with van der Waals surface area (Å²) in [6.07, 6.45) is 0. The van der Waals surface area contributed by atoms with Gasteiger partial charge < -0.3 is 23.6 Å². The Hall–Kier alpha value is 2.36. The van der Waals surface area contributed by atoms with E-state index in [0.717, 1.165) is 0 Å². The molecule has 0 aromatic rings. The fourth-order valence-corrected chi connectivity index (χ4v) is 0.772. The Bertz CT molecular complexity index is 142. The molecule has 0 aliphatic carbocycles. The van der Waals surface area contributed by atoms with E-state index in [0.29, 0.717) is 12.5 Å². The van der Waals surface area contributed by atoms with Crippen molar-refractivity contribution in [1.82, 2.24) is 0 Å². The maximum atomic E-state index is 9.83. The van der Waals surface area contributed by atoms with Crippen LogP contribution < -0.4 is 68.9 Å². The van der Waals surface area contributed by atoms with E-state index >= 15 is 0 Å².